The Hall–Kier alpha value is -0.890. The first-order chi connectivity index (χ1) is 5.16. The second-order valence-electron chi connectivity index (χ2n) is 2.19. The molecule has 0 unspecified atom stereocenters. The maximum absolute atomic E-state index is 9.09. The van der Waals surface area contributed by atoms with E-state index in [0.717, 1.165) is 5.56 Å². The second-order valence-corrected chi connectivity index (χ2v) is 2.57. The number of anilines is 1. The Morgan fingerprint density at radius 1 is 1.55 bits per heavy atom. The van der Waals surface area contributed by atoms with Crippen LogP contribution in [0.25, 0.3) is 0 Å². The van der Waals surface area contributed by atoms with Gasteiger partial charge >= 0.3 is 0 Å². The van der Waals surface area contributed by atoms with Gasteiger partial charge in [-0.05, 0) is 18.1 Å². The number of hydrogen-bond acceptors (Lipinski definition) is 2. The van der Waals surface area contributed by atoms with Crippen LogP contribution in [0.2, 0.25) is 5.02 Å². The Bertz CT molecular complexity index is 273. The SMILES string of the molecule is C[CH]c1ccc(O)c(Cl)c1N. The maximum Gasteiger partial charge on any atom is 0.136 e. The van der Waals surface area contributed by atoms with E-state index in [-0.39, 0.29) is 10.8 Å². The van der Waals surface area contributed by atoms with Gasteiger partial charge in [-0.15, -0.1) is 0 Å². The van der Waals surface area contributed by atoms with Crippen molar-refractivity contribution in [2.75, 3.05) is 5.73 Å². The molecule has 3 N–H and O–H groups in total. The van der Waals surface area contributed by atoms with Crippen LogP contribution in [0.4, 0.5) is 5.69 Å². The molecule has 0 saturated heterocycles. The van der Waals surface area contributed by atoms with E-state index >= 15 is 0 Å². The third-order valence-corrected chi connectivity index (χ3v) is 1.90. The molecule has 0 fully saturated rings. The molecule has 0 aliphatic carbocycles. The highest BCUT2D eigenvalue weighted by molar-refractivity contribution is 6.34. The fourth-order valence-electron chi connectivity index (χ4n) is 0.848. The molecule has 0 amide bonds. The Morgan fingerprint density at radius 3 is 2.73 bits per heavy atom. The summed E-state index contributed by atoms with van der Waals surface area (Å²) in [6.07, 6.45) is 1.83. The molecule has 0 aromatic heterocycles. The van der Waals surface area contributed by atoms with Crippen LogP contribution in [0.5, 0.6) is 5.75 Å². The van der Waals surface area contributed by atoms with E-state index in [2.05, 4.69) is 0 Å². The first-order valence-corrected chi connectivity index (χ1v) is 3.61. The zero-order chi connectivity index (χ0) is 8.43. The number of hydrogen-bond donors (Lipinski definition) is 2. The molecule has 2 nitrogen and oxygen atoms in total. The lowest BCUT2D eigenvalue weighted by atomic mass is 10.1. The molecular weight excluding hydrogens is 162 g/mol. The van der Waals surface area contributed by atoms with Crippen LogP contribution in [-0.2, 0) is 0 Å². The van der Waals surface area contributed by atoms with E-state index in [0.29, 0.717) is 5.69 Å². The highest BCUT2D eigenvalue weighted by Crippen LogP contribution is 2.32. The number of phenolic OH excluding ortho intramolecular Hbond substituents is 1. The van der Waals surface area contributed by atoms with Gasteiger partial charge in [0.05, 0.1) is 5.69 Å². The topological polar surface area (TPSA) is 46.2 Å². The molecule has 0 aliphatic heterocycles. The molecule has 1 rings (SSSR count). The van der Waals surface area contributed by atoms with E-state index in [9.17, 15) is 0 Å². The fourth-order valence-corrected chi connectivity index (χ4v) is 1.02. The molecule has 0 saturated carbocycles. The van der Waals surface area contributed by atoms with Crippen molar-refractivity contribution in [2.45, 2.75) is 6.92 Å². The summed E-state index contributed by atoms with van der Waals surface area (Å²) in [4.78, 5) is 0. The van der Waals surface area contributed by atoms with Crippen LogP contribution in [0.1, 0.15) is 12.5 Å². The zero-order valence-electron chi connectivity index (χ0n) is 6.13. The highest BCUT2D eigenvalue weighted by atomic mass is 35.5. The molecular formula is C8H9ClNO. The molecule has 0 spiro atoms. The van der Waals surface area contributed by atoms with Crippen LogP contribution >= 0.6 is 11.6 Å². The summed E-state index contributed by atoms with van der Waals surface area (Å²) in [7, 11) is 0. The minimum atomic E-state index is 0.0229. The molecule has 11 heavy (non-hydrogen) atoms. The quantitative estimate of drug-likeness (QED) is 0.635. The second kappa shape index (κ2) is 3.01. The molecule has 0 aliphatic rings. The number of aromatic hydroxyl groups is 1. The third-order valence-electron chi connectivity index (χ3n) is 1.50. The Kier molecular flexibility index (Phi) is 2.25. The summed E-state index contributed by atoms with van der Waals surface area (Å²) < 4.78 is 0. The first-order valence-electron chi connectivity index (χ1n) is 3.23. The lowest BCUT2D eigenvalue weighted by molar-refractivity contribution is 0.476. The first kappa shape index (κ1) is 8.21. The van der Waals surface area contributed by atoms with E-state index in [1.165, 1.54) is 6.07 Å². The van der Waals surface area contributed by atoms with Crippen LogP contribution in [-0.4, -0.2) is 5.11 Å². The summed E-state index contributed by atoms with van der Waals surface area (Å²) >= 11 is 5.67. The summed E-state index contributed by atoms with van der Waals surface area (Å²) in [5.74, 6) is 0.0229. The number of halogens is 1. The van der Waals surface area contributed by atoms with E-state index in [1.54, 1.807) is 6.07 Å². The maximum atomic E-state index is 9.09. The zero-order valence-corrected chi connectivity index (χ0v) is 6.89. The van der Waals surface area contributed by atoms with Gasteiger partial charge in [-0.3, -0.25) is 0 Å². The van der Waals surface area contributed by atoms with Crippen LogP contribution in [0.3, 0.4) is 0 Å². The number of benzene rings is 1. The Labute approximate surface area is 70.6 Å². The van der Waals surface area contributed by atoms with Crippen molar-refractivity contribution in [3.05, 3.63) is 29.1 Å². The summed E-state index contributed by atoms with van der Waals surface area (Å²) in [5, 5.41) is 9.32. The highest BCUT2D eigenvalue weighted by Gasteiger charge is 2.05. The van der Waals surface area contributed by atoms with Gasteiger partial charge in [0, 0.05) is 0 Å². The number of rotatable bonds is 1. The predicted molar refractivity (Wildman–Crippen MR) is 46.6 cm³/mol. The third kappa shape index (κ3) is 1.40. The van der Waals surface area contributed by atoms with Crippen LogP contribution < -0.4 is 5.73 Å². The minimum absolute atomic E-state index is 0.0229. The predicted octanol–water partition coefficient (Wildman–Crippen LogP) is 2.20. The summed E-state index contributed by atoms with van der Waals surface area (Å²) in [6, 6.07) is 3.24. The van der Waals surface area contributed by atoms with Gasteiger partial charge < -0.3 is 10.8 Å². The molecule has 1 aromatic rings. The lowest BCUT2D eigenvalue weighted by Crippen LogP contribution is -1.92. The van der Waals surface area contributed by atoms with Gasteiger partial charge in [-0.25, -0.2) is 0 Å². The monoisotopic (exact) mass is 170 g/mol. The van der Waals surface area contributed by atoms with Gasteiger partial charge in [0.2, 0.25) is 0 Å². The van der Waals surface area contributed by atoms with E-state index in [4.69, 9.17) is 22.4 Å². The number of nitrogens with two attached hydrogens (primary N) is 1. The van der Waals surface area contributed by atoms with Crippen molar-refractivity contribution in [3.8, 4) is 5.75 Å². The van der Waals surface area contributed by atoms with Gasteiger partial charge in [0.25, 0.3) is 0 Å². The van der Waals surface area contributed by atoms with E-state index in [1.807, 2.05) is 13.3 Å². The van der Waals surface area contributed by atoms with Crippen molar-refractivity contribution in [2.24, 2.45) is 0 Å². The van der Waals surface area contributed by atoms with Gasteiger partial charge in [-0.1, -0.05) is 24.6 Å². The van der Waals surface area contributed by atoms with Crippen molar-refractivity contribution < 1.29 is 5.11 Å². The lowest BCUT2D eigenvalue weighted by Gasteiger charge is -2.05. The molecule has 1 aromatic carbocycles. The number of nitrogen functional groups attached to an aromatic ring is 1. The van der Waals surface area contributed by atoms with Crippen LogP contribution in [0.15, 0.2) is 12.1 Å². The standard InChI is InChI=1S/C8H9ClNO/c1-2-5-3-4-6(11)7(9)8(5)10/h2-4,11H,10H2,1H3. The van der Waals surface area contributed by atoms with Crippen molar-refractivity contribution in [1.82, 2.24) is 0 Å². The van der Waals surface area contributed by atoms with Gasteiger partial charge in [-0.2, -0.15) is 0 Å². The molecule has 0 heterocycles. The average Bonchev–Trinajstić information content (AvgIpc) is 2.01. The normalized spacial score (nSPS) is 10.0. The molecule has 1 radical (unpaired) electrons. The average molecular weight is 171 g/mol. The van der Waals surface area contributed by atoms with E-state index < -0.39 is 0 Å². The van der Waals surface area contributed by atoms with Gasteiger partial charge in [0.15, 0.2) is 0 Å². The number of phenols is 1. The summed E-state index contributed by atoms with van der Waals surface area (Å²) in [6.45, 7) is 1.86. The Morgan fingerprint density at radius 2 is 2.18 bits per heavy atom. The fraction of sp³-hybridized carbons (Fsp3) is 0.125. The van der Waals surface area contributed by atoms with Crippen molar-refractivity contribution in [1.29, 1.82) is 0 Å². The smallest absolute Gasteiger partial charge is 0.136 e. The van der Waals surface area contributed by atoms with Crippen molar-refractivity contribution in [3.63, 3.8) is 0 Å². The largest absolute Gasteiger partial charge is 0.506 e. The van der Waals surface area contributed by atoms with Crippen LogP contribution in [0, 0.1) is 6.42 Å². The molecule has 0 atom stereocenters. The van der Waals surface area contributed by atoms with Gasteiger partial charge in [0.1, 0.15) is 10.8 Å². The molecule has 59 valence electrons. The van der Waals surface area contributed by atoms with Crippen molar-refractivity contribution >= 4 is 17.3 Å². The molecule has 3 heteroatoms. The summed E-state index contributed by atoms with van der Waals surface area (Å²) in [5.41, 5.74) is 6.84. The molecule has 0 bridgehead atoms. The Balaban J connectivity index is 3.25. The minimum Gasteiger partial charge on any atom is -0.506 e.